The molecular formula is C10H20N2O2. The van der Waals surface area contributed by atoms with Crippen LogP contribution in [-0.2, 0) is 9.59 Å². The van der Waals surface area contributed by atoms with E-state index >= 15 is 0 Å². The largest absolute Gasteiger partial charge is 0.354 e. The smallest absolute Gasteiger partial charge is 0.217 e. The fraction of sp³-hybridized carbons (Fsp3) is 0.800. The maximum Gasteiger partial charge on any atom is 0.217 e. The zero-order valence-electron chi connectivity index (χ0n) is 9.60. The highest BCUT2D eigenvalue weighted by atomic mass is 16.2. The van der Waals surface area contributed by atoms with E-state index in [4.69, 9.17) is 0 Å². The van der Waals surface area contributed by atoms with Gasteiger partial charge in [0, 0.05) is 20.4 Å². The van der Waals surface area contributed by atoms with Gasteiger partial charge in [-0.25, -0.2) is 0 Å². The van der Waals surface area contributed by atoms with Gasteiger partial charge in [0.2, 0.25) is 11.8 Å². The van der Waals surface area contributed by atoms with E-state index in [0.717, 1.165) is 0 Å². The van der Waals surface area contributed by atoms with Crippen LogP contribution in [-0.4, -0.2) is 24.4 Å². The van der Waals surface area contributed by atoms with Crippen molar-refractivity contribution in [2.45, 2.75) is 40.7 Å². The molecule has 0 fully saturated rings. The monoisotopic (exact) mass is 200 g/mol. The van der Waals surface area contributed by atoms with E-state index in [1.54, 1.807) is 0 Å². The highest BCUT2D eigenvalue weighted by Crippen LogP contribution is 2.18. The molecule has 0 radical (unpaired) electrons. The number of carbonyl (C=O) groups is 2. The fourth-order valence-corrected chi connectivity index (χ4v) is 1.06. The van der Waals surface area contributed by atoms with Gasteiger partial charge in [0.05, 0.1) is 6.04 Å². The second-order valence-corrected chi connectivity index (χ2v) is 4.56. The third-order valence-electron chi connectivity index (χ3n) is 1.98. The summed E-state index contributed by atoms with van der Waals surface area (Å²) in [4.78, 5) is 21.7. The second-order valence-electron chi connectivity index (χ2n) is 4.56. The van der Waals surface area contributed by atoms with E-state index < -0.39 is 0 Å². The summed E-state index contributed by atoms with van der Waals surface area (Å²) in [6.07, 6.45) is 0. The molecule has 0 unspecified atom stereocenters. The molecule has 0 saturated heterocycles. The molecule has 0 aliphatic carbocycles. The number of nitrogens with one attached hydrogen (secondary N) is 2. The lowest BCUT2D eigenvalue weighted by molar-refractivity contribution is -0.122. The first-order valence-corrected chi connectivity index (χ1v) is 4.75. The zero-order chi connectivity index (χ0) is 11.4. The molecule has 82 valence electrons. The molecule has 2 amide bonds. The third-order valence-corrected chi connectivity index (χ3v) is 1.98. The number of hydrogen-bond acceptors (Lipinski definition) is 2. The summed E-state index contributed by atoms with van der Waals surface area (Å²) in [6.45, 7) is 9.48. The van der Waals surface area contributed by atoms with Gasteiger partial charge in [-0.3, -0.25) is 9.59 Å². The van der Waals surface area contributed by atoms with Gasteiger partial charge in [-0.15, -0.1) is 0 Å². The van der Waals surface area contributed by atoms with Crippen molar-refractivity contribution in [2.24, 2.45) is 5.41 Å². The molecule has 14 heavy (non-hydrogen) atoms. The van der Waals surface area contributed by atoms with Crippen LogP contribution in [0.15, 0.2) is 0 Å². The molecule has 0 saturated carbocycles. The van der Waals surface area contributed by atoms with Crippen LogP contribution in [0.1, 0.15) is 34.6 Å². The molecule has 1 atom stereocenters. The van der Waals surface area contributed by atoms with Crippen LogP contribution in [0.4, 0.5) is 0 Å². The molecule has 4 nitrogen and oxygen atoms in total. The molecule has 0 bridgehead atoms. The van der Waals surface area contributed by atoms with Crippen molar-refractivity contribution >= 4 is 11.8 Å². The molecule has 0 aromatic carbocycles. The molecule has 0 rings (SSSR count). The van der Waals surface area contributed by atoms with E-state index in [9.17, 15) is 9.59 Å². The maximum absolute atomic E-state index is 10.9. The Balaban J connectivity index is 4.26. The normalized spacial score (nSPS) is 13.2. The highest BCUT2D eigenvalue weighted by Gasteiger charge is 2.25. The van der Waals surface area contributed by atoms with Crippen molar-refractivity contribution < 1.29 is 9.59 Å². The van der Waals surface area contributed by atoms with Crippen molar-refractivity contribution in [1.82, 2.24) is 10.6 Å². The van der Waals surface area contributed by atoms with Crippen LogP contribution in [0.3, 0.4) is 0 Å². The standard InChI is InChI=1S/C10H20N2O2/c1-7(13)11-6-9(10(3,4)5)12-8(2)14/h9H,6H2,1-5H3,(H,11,13)(H,12,14)/t9-/m0/s1. The van der Waals surface area contributed by atoms with Gasteiger partial charge in [0.1, 0.15) is 0 Å². The van der Waals surface area contributed by atoms with Gasteiger partial charge in [-0.05, 0) is 5.41 Å². The summed E-state index contributed by atoms with van der Waals surface area (Å²) in [5, 5.41) is 5.53. The van der Waals surface area contributed by atoms with Crippen molar-refractivity contribution in [2.75, 3.05) is 6.54 Å². The van der Waals surface area contributed by atoms with Crippen LogP contribution < -0.4 is 10.6 Å². The Bertz CT molecular complexity index is 219. The van der Waals surface area contributed by atoms with Crippen molar-refractivity contribution in [3.8, 4) is 0 Å². The van der Waals surface area contributed by atoms with Crippen molar-refractivity contribution in [3.05, 3.63) is 0 Å². The Morgan fingerprint density at radius 2 is 1.64 bits per heavy atom. The molecule has 0 aromatic heterocycles. The van der Waals surface area contributed by atoms with E-state index in [-0.39, 0.29) is 23.3 Å². The van der Waals surface area contributed by atoms with Gasteiger partial charge in [-0.2, -0.15) is 0 Å². The SMILES string of the molecule is CC(=O)NC[C@H](NC(C)=O)C(C)(C)C. The minimum atomic E-state index is -0.0791. The topological polar surface area (TPSA) is 58.2 Å². The van der Waals surface area contributed by atoms with Crippen LogP contribution >= 0.6 is 0 Å². The average molecular weight is 200 g/mol. The summed E-state index contributed by atoms with van der Waals surface area (Å²) >= 11 is 0. The first-order chi connectivity index (χ1) is 6.23. The quantitative estimate of drug-likeness (QED) is 0.703. The van der Waals surface area contributed by atoms with Gasteiger partial charge < -0.3 is 10.6 Å². The average Bonchev–Trinajstić information content (AvgIpc) is 1.94. The van der Waals surface area contributed by atoms with Gasteiger partial charge >= 0.3 is 0 Å². The summed E-state index contributed by atoms with van der Waals surface area (Å²) < 4.78 is 0. The maximum atomic E-state index is 10.9. The van der Waals surface area contributed by atoms with Crippen LogP contribution in [0.25, 0.3) is 0 Å². The lowest BCUT2D eigenvalue weighted by Crippen LogP contribution is -2.49. The summed E-state index contributed by atoms with van der Waals surface area (Å²) in [7, 11) is 0. The second kappa shape index (κ2) is 4.98. The Morgan fingerprint density at radius 3 is 1.93 bits per heavy atom. The first-order valence-electron chi connectivity index (χ1n) is 4.75. The minimum absolute atomic E-state index is 0.0381. The highest BCUT2D eigenvalue weighted by molar-refractivity contribution is 5.74. The van der Waals surface area contributed by atoms with Crippen molar-refractivity contribution in [1.29, 1.82) is 0 Å². The number of amides is 2. The van der Waals surface area contributed by atoms with Gasteiger partial charge in [0.15, 0.2) is 0 Å². The van der Waals surface area contributed by atoms with E-state index in [0.29, 0.717) is 6.54 Å². The molecule has 0 aromatic rings. The van der Waals surface area contributed by atoms with Crippen LogP contribution in [0.5, 0.6) is 0 Å². The summed E-state index contributed by atoms with van der Waals surface area (Å²) in [5.41, 5.74) is -0.0614. The Labute approximate surface area is 85.4 Å². The Morgan fingerprint density at radius 1 is 1.14 bits per heavy atom. The Kier molecular flexibility index (Phi) is 4.60. The molecular weight excluding hydrogens is 180 g/mol. The van der Waals surface area contributed by atoms with Crippen LogP contribution in [0.2, 0.25) is 0 Å². The predicted molar refractivity (Wildman–Crippen MR) is 55.7 cm³/mol. The first kappa shape index (κ1) is 12.9. The minimum Gasteiger partial charge on any atom is -0.354 e. The summed E-state index contributed by atoms with van der Waals surface area (Å²) in [6, 6.07) is -0.0381. The molecule has 0 aliphatic heterocycles. The van der Waals surface area contributed by atoms with Crippen LogP contribution in [0, 0.1) is 5.41 Å². The molecule has 0 aliphatic rings. The van der Waals surface area contributed by atoms with E-state index in [1.807, 2.05) is 20.8 Å². The number of rotatable bonds is 3. The van der Waals surface area contributed by atoms with E-state index in [1.165, 1.54) is 13.8 Å². The summed E-state index contributed by atoms with van der Waals surface area (Å²) in [5.74, 6) is -0.153. The lowest BCUT2D eigenvalue weighted by atomic mass is 9.86. The van der Waals surface area contributed by atoms with Crippen molar-refractivity contribution in [3.63, 3.8) is 0 Å². The van der Waals surface area contributed by atoms with Gasteiger partial charge in [0.25, 0.3) is 0 Å². The number of carbonyl (C=O) groups excluding carboxylic acids is 2. The zero-order valence-corrected chi connectivity index (χ0v) is 9.60. The molecule has 4 heteroatoms. The third kappa shape index (κ3) is 5.56. The van der Waals surface area contributed by atoms with E-state index in [2.05, 4.69) is 10.6 Å². The molecule has 2 N–H and O–H groups in total. The molecule has 0 spiro atoms. The van der Waals surface area contributed by atoms with Gasteiger partial charge in [-0.1, -0.05) is 20.8 Å². The predicted octanol–water partition coefficient (Wildman–Crippen LogP) is 0.673. The number of hydrogen-bond donors (Lipinski definition) is 2. The fourth-order valence-electron chi connectivity index (χ4n) is 1.06. The lowest BCUT2D eigenvalue weighted by Gasteiger charge is -2.31. The Hall–Kier alpha value is -1.06. The molecule has 0 heterocycles.